The van der Waals surface area contributed by atoms with Gasteiger partial charge in [0, 0.05) is 38.0 Å². The minimum atomic E-state index is 0.144. The summed E-state index contributed by atoms with van der Waals surface area (Å²) in [7, 11) is 3.60. The molecule has 1 aliphatic rings. The Hall–Kier alpha value is -2.06. The van der Waals surface area contributed by atoms with Crippen LogP contribution in [0.1, 0.15) is 36.0 Å². The van der Waals surface area contributed by atoms with Gasteiger partial charge in [0.1, 0.15) is 11.6 Å². The molecule has 1 atom stereocenters. The number of thiazole rings is 1. The van der Waals surface area contributed by atoms with E-state index in [2.05, 4.69) is 25.2 Å². The molecule has 0 radical (unpaired) electrons. The maximum atomic E-state index is 12.0. The van der Waals surface area contributed by atoms with Crippen LogP contribution in [-0.2, 0) is 4.79 Å². The first-order valence-corrected chi connectivity index (χ1v) is 9.76. The number of carbonyl (C=O) groups is 1. The van der Waals surface area contributed by atoms with Gasteiger partial charge in [0.05, 0.1) is 17.9 Å². The van der Waals surface area contributed by atoms with Crippen LogP contribution in [0.5, 0.6) is 0 Å². The summed E-state index contributed by atoms with van der Waals surface area (Å²) in [5.41, 5.74) is 2.03. The number of piperidine rings is 1. The number of likely N-dealkylation sites (N-methyl/N-ethyl adjacent to an activating group) is 1. The molecule has 1 aliphatic heterocycles. The molecular weight excluding hydrogens is 348 g/mol. The van der Waals surface area contributed by atoms with Crippen LogP contribution in [0.3, 0.4) is 0 Å². The van der Waals surface area contributed by atoms with E-state index in [1.807, 2.05) is 25.3 Å². The molecule has 2 aromatic heterocycles. The highest BCUT2D eigenvalue weighted by molar-refractivity contribution is 7.13. The number of amides is 1. The van der Waals surface area contributed by atoms with Gasteiger partial charge < -0.3 is 10.2 Å². The zero-order chi connectivity index (χ0) is 18.7. The molecule has 0 bridgehead atoms. The number of anilines is 2. The number of nitrogens with one attached hydrogen (secondary N) is 1. The lowest BCUT2D eigenvalue weighted by Crippen LogP contribution is -2.41. The Morgan fingerprint density at radius 2 is 2.15 bits per heavy atom. The summed E-state index contributed by atoms with van der Waals surface area (Å²) in [6, 6.07) is 2.02. The highest BCUT2D eigenvalue weighted by Crippen LogP contribution is 2.28. The van der Waals surface area contributed by atoms with Gasteiger partial charge in [-0.15, -0.1) is 11.3 Å². The van der Waals surface area contributed by atoms with Gasteiger partial charge in [-0.25, -0.2) is 15.0 Å². The fourth-order valence-corrected chi connectivity index (χ4v) is 3.85. The molecule has 0 spiro atoms. The van der Waals surface area contributed by atoms with Crippen LogP contribution in [0, 0.1) is 13.8 Å². The highest BCUT2D eigenvalue weighted by Gasteiger charge is 2.25. The van der Waals surface area contributed by atoms with Crippen LogP contribution in [0.25, 0.3) is 0 Å². The van der Waals surface area contributed by atoms with E-state index < -0.39 is 0 Å². The van der Waals surface area contributed by atoms with Crippen LogP contribution in [-0.4, -0.2) is 64.4 Å². The number of rotatable bonds is 5. The average molecular weight is 375 g/mol. The molecule has 3 heterocycles. The van der Waals surface area contributed by atoms with Gasteiger partial charge in [-0.05, 0) is 33.2 Å². The summed E-state index contributed by atoms with van der Waals surface area (Å²) in [6.07, 6.45) is 2.15. The Morgan fingerprint density at radius 1 is 1.35 bits per heavy atom. The molecule has 8 heteroatoms. The van der Waals surface area contributed by atoms with Crippen molar-refractivity contribution in [1.29, 1.82) is 0 Å². The van der Waals surface area contributed by atoms with Crippen molar-refractivity contribution < 1.29 is 4.79 Å². The van der Waals surface area contributed by atoms with Crippen LogP contribution in [0.2, 0.25) is 0 Å². The van der Waals surface area contributed by atoms with Crippen LogP contribution in [0.15, 0.2) is 11.4 Å². The first kappa shape index (κ1) is 18.7. The molecule has 26 heavy (non-hydrogen) atoms. The quantitative estimate of drug-likeness (QED) is 0.867. The Bertz CT molecular complexity index is 775. The molecular formula is C18H26N6OS. The van der Waals surface area contributed by atoms with Crippen molar-refractivity contribution >= 4 is 28.2 Å². The summed E-state index contributed by atoms with van der Waals surface area (Å²) in [5, 5.41) is 6.14. The molecule has 3 rings (SSSR count). The Morgan fingerprint density at radius 3 is 2.85 bits per heavy atom. The fraction of sp³-hybridized carbons (Fsp3) is 0.556. The lowest BCUT2D eigenvalue weighted by molar-refractivity contribution is -0.130. The number of aryl methyl sites for hydroxylation is 2. The molecule has 0 aliphatic carbocycles. The Kier molecular flexibility index (Phi) is 5.83. The molecule has 1 fully saturated rings. The molecule has 1 amide bonds. The van der Waals surface area contributed by atoms with Gasteiger partial charge in [-0.3, -0.25) is 9.69 Å². The first-order valence-electron chi connectivity index (χ1n) is 8.88. The summed E-state index contributed by atoms with van der Waals surface area (Å²) in [6.45, 7) is 6.18. The van der Waals surface area contributed by atoms with Crippen molar-refractivity contribution in [2.24, 2.45) is 0 Å². The van der Waals surface area contributed by atoms with Crippen molar-refractivity contribution in [2.45, 2.75) is 32.6 Å². The van der Waals surface area contributed by atoms with E-state index in [0.29, 0.717) is 12.5 Å². The largest absolute Gasteiger partial charge is 0.348 e. The van der Waals surface area contributed by atoms with E-state index in [-0.39, 0.29) is 5.91 Å². The number of hydrogen-bond acceptors (Lipinski definition) is 7. The molecule has 7 nitrogen and oxygen atoms in total. The van der Waals surface area contributed by atoms with Gasteiger partial charge in [-0.1, -0.05) is 0 Å². The topological polar surface area (TPSA) is 74.2 Å². The zero-order valence-electron chi connectivity index (χ0n) is 15.8. The Labute approximate surface area is 158 Å². The summed E-state index contributed by atoms with van der Waals surface area (Å²) in [5.74, 6) is 1.99. The maximum absolute atomic E-state index is 12.0. The number of aromatic nitrogens is 3. The van der Waals surface area contributed by atoms with Gasteiger partial charge >= 0.3 is 0 Å². The van der Waals surface area contributed by atoms with Crippen molar-refractivity contribution in [3.05, 3.63) is 28.7 Å². The van der Waals surface area contributed by atoms with Crippen molar-refractivity contribution in [3.63, 3.8) is 0 Å². The average Bonchev–Trinajstić information content (AvgIpc) is 2.99. The van der Waals surface area contributed by atoms with E-state index in [1.165, 1.54) is 0 Å². The smallest absolute Gasteiger partial charge is 0.236 e. The monoisotopic (exact) mass is 374 g/mol. The number of hydrogen-bond donors (Lipinski definition) is 1. The molecule has 1 saturated heterocycles. The number of nitrogens with zero attached hydrogens (tertiary/aromatic N) is 5. The minimum absolute atomic E-state index is 0.144. The fourth-order valence-electron chi connectivity index (χ4n) is 3.16. The molecule has 0 saturated carbocycles. The second-order valence-corrected chi connectivity index (χ2v) is 7.86. The van der Waals surface area contributed by atoms with Crippen LogP contribution in [0.4, 0.5) is 10.9 Å². The van der Waals surface area contributed by atoms with E-state index in [4.69, 9.17) is 0 Å². The van der Waals surface area contributed by atoms with Gasteiger partial charge in [-0.2, -0.15) is 0 Å². The predicted octanol–water partition coefficient (Wildman–Crippen LogP) is 2.56. The maximum Gasteiger partial charge on any atom is 0.236 e. The standard InChI is InChI=1S/C18H26N6OS/c1-12-11-26-18(19-12)22-16-8-15(20-13(2)21-16)14-6-5-7-24(9-14)10-17(25)23(3)4/h8,11,14H,5-7,9-10H2,1-4H3,(H,19,20,21,22)/t14-/m0/s1. The third kappa shape index (κ3) is 4.76. The number of likely N-dealkylation sites (tertiary alicyclic amines) is 1. The summed E-state index contributed by atoms with van der Waals surface area (Å²) in [4.78, 5) is 29.5. The van der Waals surface area contributed by atoms with E-state index in [0.717, 1.165) is 54.1 Å². The van der Waals surface area contributed by atoms with Crippen LogP contribution >= 0.6 is 11.3 Å². The third-order valence-corrected chi connectivity index (χ3v) is 5.37. The summed E-state index contributed by atoms with van der Waals surface area (Å²) < 4.78 is 0. The number of carbonyl (C=O) groups excluding carboxylic acids is 1. The zero-order valence-corrected chi connectivity index (χ0v) is 16.6. The van der Waals surface area contributed by atoms with Crippen molar-refractivity contribution in [3.8, 4) is 0 Å². The van der Waals surface area contributed by atoms with E-state index in [9.17, 15) is 4.79 Å². The highest BCUT2D eigenvalue weighted by atomic mass is 32.1. The van der Waals surface area contributed by atoms with Gasteiger partial charge in [0.25, 0.3) is 0 Å². The second kappa shape index (κ2) is 8.09. The normalized spacial score (nSPS) is 17.9. The SMILES string of the molecule is Cc1csc(Nc2cc([C@H]3CCCN(CC(=O)N(C)C)C3)nc(C)n2)n1. The molecule has 0 aromatic carbocycles. The molecule has 1 N–H and O–H groups in total. The van der Waals surface area contributed by atoms with Crippen molar-refractivity contribution in [2.75, 3.05) is 39.0 Å². The van der Waals surface area contributed by atoms with E-state index >= 15 is 0 Å². The third-order valence-electron chi connectivity index (χ3n) is 4.49. The van der Waals surface area contributed by atoms with Crippen LogP contribution < -0.4 is 5.32 Å². The summed E-state index contributed by atoms with van der Waals surface area (Å²) >= 11 is 1.57. The first-order chi connectivity index (χ1) is 12.4. The Balaban J connectivity index is 1.72. The predicted molar refractivity (Wildman–Crippen MR) is 104 cm³/mol. The molecule has 0 unspecified atom stereocenters. The minimum Gasteiger partial charge on any atom is -0.348 e. The lowest BCUT2D eigenvalue weighted by atomic mass is 9.94. The van der Waals surface area contributed by atoms with Gasteiger partial charge in [0.2, 0.25) is 5.91 Å². The lowest BCUT2D eigenvalue weighted by Gasteiger charge is -2.32. The van der Waals surface area contributed by atoms with Crippen molar-refractivity contribution in [1.82, 2.24) is 24.8 Å². The second-order valence-electron chi connectivity index (χ2n) is 7.01. The molecule has 2 aromatic rings. The van der Waals surface area contributed by atoms with E-state index in [1.54, 1.807) is 30.3 Å². The molecule has 140 valence electrons. The van der Waals surface area contributed by atoms with Gasteiger partial charge in [0.15, 0.2) is 5.13 Å².